The Morgan fingerprint density at radius 2 is 1.84 bits per heavy atom. The molecule has 3 nitrogen and oxygen atoms in total. The Morgan fingerprint density at radius 3 is 2.58 bits per heavy atom. The van der Waals surface area contributed by atoms with E-state index < -0.39 is 0 Å². The zero-order valence-electron chi connectivity index (χ0n) is 10.8. The van der Waals surface area contributed by atoms with Gasteiger partial charge in [0.05, 0.1) is 0 Å². The van der Waals surface area contributed by atoms with Crippen LogP contribution >= 0.6 is 0 Å². The van der Waals surface area contributed by atoms with E-state index in [0.29, 0.717) is 5.92 Å². The van der Waals surface area contributed by atoms with Crippen molar-refractivity contribution in [1.82, 2.24) is 0 Å². The number of hydrogen-bond donors (Lipinski definition) is 2. The van der Waals surface area contributed by atoms with E-state index in [2.05, 4.69) is 30.3 Å². The first-order valence-electron chi connectivity index (χ1n) is 6.57. The van der Waals surface area contributed by atoms with Gasteiger partial charge in [-0.2, -0.15) is 0 Å². The fourth-order valence-corrected chi connectivity index (χ4v) is 2.83. The molecule has 2 aromatic carbocycles. The molecule has 98 valence electrons. The first-order chi connectivity index (χ1) is 9.28. The van der Waals surface area contributed by atoms with Gasteiger partial charge in [0.2, 0.25) is 0 Å². The number of anilines is 2. The highest BCUT2D eigenvalue weighted by Gasteiger charge is 2.27. The van der Waals surface area contributed by atoms with E-state index in [0.717, 1.165) is 24.3 Å². The van der Waals surface area contributed by atoms with Crippen LogP contribution in [0.2, 0.25) is 0 Å². The number of fused-ring (bicyclic) bond motifs is 1. The Bertz CT molecular complexity index is 565. The minimum atomic E-state index is 0.0786. The molecule has 0 radical (unpaired) electrons. The first kappa shape index (κ1) is 12.1. The first-order valence-corrected chi connectivity index (χ1v) is 6.57. The van der Waals surface area contributed by atoms with E-state index >= 15 is 0 Å². The molecule has 19 heavy (non-hydrogen) atoms. The molecule has 0 saturated carbocycles. The highest BCUT2D eigenvalue weighted by Crippen LogP contribution is 2.37. The number of aliphatic hydroxyl groups is 1. The second kappa shape index (κ2) is 4.94. The number of hydrogen-bond acceptors (Lipinski definition) is 3. The van der Waals surface area contributed by atoms with Gasteiger partial charge in [-0.25, -0.2) is 0 Å². The maximum absolute atomic E-state index is 9.44. The molecular formula is C16H18N2O. The highest BCUT2D eigenvalue weighted by atomic mass is 16.3. The molecule has 1 aliphatic heterocycles. The predicted octanol–water partition coefficient (Wildman–Crippen LogP) is 2.36. The molecule has 0 aromatic heterocycles. The van der Waals surface area contributed by atoms with Crippen molar-refractivity contribution in [3.05, 3.63) is 59.7 Å². The molecule has 0 spiro atoms. The smallest absolute Gasteiger partial charge is 0.115 e. The number of aliphatic hydroxyl groups excluding tert-OH is 1. The number of nitrogens with zero attached hydrogens (tertiary/aromatic N) is 1. The molecule has 3 heteroatoms. The van der Waals surface area contributed by atoms with Crippen molar-refractivity contribution in [2.45, 2.75) is 12.3 Å². The summed E-state index contributed by atoms with van der Waals surface area (Å²) in [6.07, 6.45) is 0.980. The summed E-state index contributed by atoms with van der Waals surface area (Å²) in [7, 11) is 0. The Balaban J connectivity index is 1.85. The number of rotatable bonds is 3. The lowest BCUT2D eigenvalue weighted by atomic mass is 9.94. The van der Waals surface area contributed by atoms with Crippen LogP contribution in [-0.4, -0.2) is 18.4 Å². The van der Waals surface area contributed by atoms with Crippen LogP contribution < -0.4 is 10.6 Å². The molecular weight excluding hydrogens is 236 g/mol. The molecule has 0 fully saturated rings. The molecule has 3 rings (SSSR count). The monoisotopic (exact) mass is 254 g/mol. The number of nitrogen functional groups attached to an aromatic ring is 1. The van der Waals surface area contributed by atoms with E-state index in [1.165, 1.54) is 11.1 Å². The van der Waals surface area contributed by atoms with Crippen LogP contribution in [0.25, 0.3) is 0 Å². The predicted molar refractivity (Wildman–Crippen MR) is 78.2 cm³/mol. The summed E-state index contributed by atoms with van der Waals surface area (Å²) in [5.41, 5.74) is 10.3. The van der Waals surface area contributed by atoms with Crippen molar-refractivity contribution in [2.75, 3.05) is 23.9 Å². The normalized spacial score (nSPS) is 17.5. The SMILES string of the molecule is Nc1ccc(CC2CN(CO)c3ccccc32)cc1. The summed E-state index contributed by atoms with van der Waals surface area (Å²) >= 11 is 0. The van der Waals surface area contributed by atoms with Crippen molar-refractivity contribution in [1.29, 1.82) is 0 Å². The van der Waals surface area contributed by atoms with E-state index in [-0.39, 0.29) is 6.73 Å². The third-order valence-electron chi connectivity index (χ3n) is 3.79. The third kappa shape index (κ3) is 2.29. The Kier molecular flexibility index (Phi) is 3.13. The van der Waals surface area contributed by atoms with Gasteiger partial charge in [0.1, 0.15) is 6.73 Å². The summed E-state index contributed by atoms with van der Waals surface area (Å²) in [5, 5.41) is 9.44. The van der Waals surface area contributed by atoms with Crippen LogP contribution in [0.15, 0.2) is 48.5 Å². The third-order valence-corrected chi connectivity index (χ3v) is 3.79. The molecule has 1 unspecified atom stereocenters. The summed E-state index contributed by atoms with van der Waals surface area (Å²) in [5.74, 6) is 0.437. The molecule has 0 bridgehead atoms. The Morgan fingerprint density at radius 1 is 1.11 bits per heavy atom. The lowest BCUT2D eigenvalue weighted by molar-refractivity contribution is 0.292. The molecule has 0 aliphatic carbocycles. The standard InChI is InChI=1S/C16H18N2O/c17-14-7-5-12(6-8-14)9-13-10-18(11-19)16-4-2-1-3-15(13)16/h1-8,13,19H,9-11,17H2. The van der Waals surface area contributed by atoms with Crippen LogP contribution in [0, 0.1) is 0 Å². The quantitative estimate of drug-likeness (QED) is 0.827. The molecule has 0 saturated heterocycles. The van der Waals surface area contributed by atoms with Crippen LogP contribution in [0.3, 0.4) is 0 Å². The summed E-state index contributed by atoms with van der Waals surface area (Å²) in [6.45, 7) is 0.954. The highest BCUT2D eigenvalue weighted by molar-refractivity contribution is 5.60. The number of benzene rings is 2. The van der Waals surface area contributed by atoms with Gasteiger partial charge in [-0.1, -0.05) is 30.3 Å². The lowest BCUT2D eigenvalue weighted by Crippen LogP contribution is -2.23. The van der Waals surface area contributed by atoms with Crippen LogP contribution in [0.4, 0.5) is 11.4 Å². The fourth-order valence-electron chi connectivity index (χ4n) is 2.83. The zero-order chi connectivity index (χ0) is 13.2. The largest absolute Gasteiger partial charge is 0.399 e. The van der Waals surface area contributed by atoms with Gasteiger partial charge < -0.3 is 15.7 Å². The molecule has 1 aliphatic rings. The van der Waals surface area contributed by atoms with Gasteiger partial charge in [0, 0.05) is 23.8 Å². The van der Waals surface area contributed by atoms with Gasteiger partial charge in [-0.05, 0) is 35.7 Å². The minimum absolute atomic E-state index is 0.0786. The molecule has 3 N–H and O–H groups in total. The zero-order valence-corrected chi connectivity index (χ0v) is 10.8. The van der Waals surface area contributed by atoms with Crippen molar-refractivity contribution in [3.8, 4) is 0 Å². The maximum Gasteiger partial charge on any atom is 0.115 e. The second-order valence-electron chi connectivity index (χ2n) is 5.07. The molecule has 0 amide bonds. The van der Waals surface area contributed by atoms with Crippen LogP contribution in [-0.2, 0) is 6.42 Å². The van der Waals surface area contributed by atoms with Crippen molar-refractivity contribution in [2.24, 2.45) is 0 Å². The summed E-state index contributed by atoms with van der Waals surface area (Å²) in [6, 6.07) is 16.4. The molecule has 2 aromatic rings. The van der Waals surface area contributed by atoms with E-state index in [4.69, 9.17) is 5.73 Å². The minimum Gasteiger partial charge on any atom is -0.399 e. The number of para-hydroxylation sites is 1. The topological polar surface area (TPSA) is 49.5 Å². The van der Waals surface area contributed by atoms with Crippen LogP contribution in [0.5, 0.6) is 0 Å². The van der Waals surface area contributed by atoms with Crippen molar-refractivity contribution in [3.63, 3.8) is 0 Å². The summed E-state index contributed by atoms with van der Waals surface area (Å²) < 4.78 is 0. The van der Waals surface area contributed by atoms with E-state index in [1.807, 2.05) is 23.1 Å². The van der Waals surface area contributed by atoms with Crippen molar-refractivity contribution < 1.29 is 5.11 Å². The van der Waals surface area contributed by atoms with E-state index in [9.17, 15) is 5.11 Å². The van der Waals surface area contributed by atoms with Gasteiger partial charge >= 0.3 is 0 Å². The van der Waals surface area contributed by atoms with E-state index in [1.54, 1.807) is 0 Å². The average molecular weight is 254 g/mol. The Hall–Kier alpha value is -2.00. The van der Waals surface area contributed by atoms with Crippen LogP contribution in [0.1, 0.15) is 17.0 Å². The maximum atomic E-state index is 9.44. The summed E-state index contributed by atoms with van der Waals surface area (Å²) in [4.78, 5) is 2.03. The number of nitrogens with two attached hydrogens (primary N) is 1. The fraction of sp³-hybridized carbons (Fsp3) is 0.250. The van der Waals surface area contributed by atoms with Gasteiger partial charge in [0.25, 0.3) is 0 Å². The van der Waals surface area contributed by atoms with Gasteiger partial charge in [-0.3, -0.25) is 0 Å². The second-order valence-corrected chi connectivity index (χ2v) is 5.07. The lowest BCUT2D eigenvalue weighted by Gasteiger charge is -2.16. The molecule has 1 atom stereocenters. The molecule has 1 heterocycles. The van der Waals surface area contributed by atoms with Gasteiger partial charge in [-0.15, -0.1) is 0 Å². The Labute approximate surface area is 113 Å². The van der Waals surface area contributed by atoms with Gasteiger partial charge in [0.15, 0.2) is 0 Å². The average Bonchev–Trinajstić information content (AvgIpc) is 2.80. The van der Waals surface area contributed by atoms with Crippen molar-refractivity contribution >= 4 is 11.4 Å².